The molecule has 2 aromatic rings. The summed E-state index contributed by atoms with van der Waals surface area (Å²) in [6, 6.07) is 3.97. The monoisotopic (exact) mass is 273 g/mol. The lowest BCUT2D eigenvalue weighted by Gasteiger charge is -2.05. The Morgan fingerprint density at radius 3 is 2.80 bits per heavy atom. The zero-order chi connectivity index (χ0) is 14.3. The number of benzene rings is 1. The number of nitrogen functional groups attached to an aromatic ring is 1. The van der Waals surface area contributed by atoms with Crippen LogP contribution in [0.25, 0.3) is 11.3 Å². The summed E-state index contributed by atoms with van der Waals surface area (Å²) < 4.78 is 28.9. The predicted octanol–water partition coefficient (Wildman–Crippen LogP) is 2.92. The lowest BCUT2D eigenvalue weighted by molar-refractivity contribution is 0.511. The SMILES string of the molecule is C#CCn1c(C2CC2)nc(-c2cccc(F)c2F)c1N. The van der Waals surface area contributed by atoms with E-state index in [9.17, 15) is 8.78 Å². The van der Waals surface area contributed by atoms with Crippen molar-refractivity contribution in [1.29, 1.82) is 0 Å². The molecular weight excluding hydrogens is 260 g/mol. The van der Waals surface area contributed by atoms with Gasteiger partial charge in [0.05, 0.1) is 6.54 Å². The molecule has 0 spiro atoms. The number of anilines is 1. The van der Waals surface area contributed by atoms with Gasteiger partial charge in [0.1, 0.15) is 17.3 Å². The number of hydrogen-bond acceptors (Lipinski definition) is 2. The lowest BCUT2D eigenvalue weighted by atomic mass is 10.1. The van der Waals surface area contributed by atoms with Gasteiger partial charge in [0.2, 0.25) is 0 Å². The largest absolute Gasteiger partial charge is 0.383 e. The number of terminal acetylenes is 1. The maximum atomic E-state index is 13.9. The quantitative estimate of drug-likeness (QED) is 0.874. The zero-order valence-electron chi connectivity index (χ0n) is 10.7. The molecular formula is C15H13F2N3. The fourth-order valence-corrected chi connectivity index (χ4v) is 2.28. The van der Waals surface area contributed by atoms with Crippen LogP contribution >= 0.6 is 0 Å². The molecule has 1 saturated carbocycles. The number of hydrogen-bond donors (Lipinski definition) is 1. The summed E-state index contributed by atoms with van der Waals surface area (Å²) in [4.78, 5) is 4.40. The van der Waals surface area contributed by atoms with Crippen molar-refractivity contribution in [3.63, 3.8) is 0 Å². The Morgan fingerprint density at radius 2 is 2.15 bits per heavy atom. The molecule has 1 aromatic heterocycles. The molecule has 3 rings (SSSR count). The molecule has 0 atom stereocenters. The average molecular weight is 273 g/mol. The second-order valence-electron chi connectivity index (χ2n) is 4.87. The third-order valence-corrected chi connectivity index (χ3v) is 3.43. The summed E-state index contributed by atoms with van der Waals surface area (Å²) >= 11 is 0. The van der Waals surface area contributed by atoms with Crippen molar-refractivity contribution in [3.05, 3.63) is 35.7 Å². The third-order valence-electron chi connectivity index (χ3n) is 3.43. The molecule has 1 aliphatic carbocycles. The molecule has 1 aliphatic rings. The van der Waals surface area contributed by atoms with E-state index in [4.69, 9.17) is 12.2 Å². The molecule has 2 N–H and O–H groups in total. The van der Waals surface area contributed by atoms with Crippen LogP contribution in [0.1, 0.15) is 24.6 Å². The van der Waals surface area contributed by atoms with Gasteiger partial charge in [-0.05, 0) is 25.0 Å². The van der Waals surface area contributed by atoms with Gasteiger partial charge in [0.15, 0.2) is 11.6 Å². The fourth-order valence-electron chi connectivity index (χ4n) is 2.28. The molecule has 0 aliphatic heterocycles. The van der Waals surface area contributed by atoms with Crippen molar-refractivity contribution in [3.8, 4) is 23.6 Å². The Balaban J connectivity index is 2.17. The van der Waals surface area contributed by atoms with Crippen LogP contribution in [0.3, 0.4) is 0 Å². The molecule has 3 nitrogen and oxygen atoms in total. The van der Waals surface area contributed by atoms with Crippen LogP contribution in [0.5, 0.6) is 0 Å². The Kier molecular flexibility index (Phi) is 2.94. The first-order valence-electron chi connectivity index (χ1n) is 6.37. The van der Waals surface area contributed by atoms with Gasteiger partial charge in [-0.25, -0.2) is 13.8 Å². The van der Waals surface area contributed by atoms with Gasteiger partial charge in [0, 0.05) is 11.5 Å². The Bertz CT molecular complexity index is 709. The molecule has 1 aromatic carbocycles. The van der Waals surface area contributed by atoms with Crippen molar-refractivity contribution in [2.24, 2.45) is 0 Å². The Morgan fingerprint density at radius 1 is 1.40 bits per heavy atom. The molecule has 0 unspecified atom stereocenters. The predicted molar refractivity (Wildman–Crippen MR) is 72.8 cm³/mol. The molecule has 1 fully saturated rings. The maximum Gasteiger partial charge on any atom is 0.168 e. The molecule has 0 radical (unpaired) electrons. The van der Waals surface area contributed by atoms with Crippen LogP contribution < -0.4 is 5.73 Å². The van der Waals surface area contributed by atoms with E-state index in [0.717, 1.165) is 24.7 Å². The topological polar surface area (TPSA) is 43.8 Å². The summed E-state index contributed by atoms with van der Waals surface area (Å²) in [7, 11) is 0. The summed E-state index contributed by atoms with van der Waals surface area (Å²) in [5.74, 6) is 2.03. The standard InChI is InChI=1S/C15H13F2N3/c1-2-8-20-14(18)13(19-15(20)9-6-7-9)10-4-3-5-11(16)12(10)17/h1,3-5,9H,6-8,18H2. The number of rotatable bonds is 3. The third kappa shape index (κ3) is 1.94. The van der Waals surface area contributed by atoms with E-state index in [1.807, 2.05) is 0 Å². The van der Waals surface area contributed by atoms with Crippen LogP contribution in [0.2, 0.25) is 0 Å². The van der Waals surface area contributed by atoms with Gasteiger partial charge in [-0.3, -0.25) is 0 Å². The lowest BCUT2D eigenvalue weighted by Crippen LogP contribution is -2.05. The first-order chi connectivity index (χ1) is 9.63. The van der Waals surface area contributed by atoms with Gasteiger partial charge >= 0.3 is 0 Å². The highest BCUT2D eigenvalue weighted by Gasteiger charge is 2.31. The van der Waals surface area contributed by atoms with Crippen molar-refractivity contribution < 1.29 is 8.78 Å². The van der Waals surface area contributed by atoms with E-state index < -0.39 is 11.6 Å². The molecule has 0 amide bonds. The van der Waals surface area contributed by atoms with Crippen molar-refractivity contribution in [2.75, 3.05) is 5.73 Å². The highest BCUT2D eigenvalue weighted by molar-refractivity contribution is 5.72. The van der Waals surface area contributed by atoms with Crippen LogP contribution in [0.4, 0.5) is 14.6 Å². The minimum Gasteiger partial charge on any atom is -0.383 e. The molecule has 20 heavy (non-hydrogen) atoms. The molecule has 0 saturated heterocycles. The van der Waals surface area contributed by atoms with Crippen molar-refractivity contribution in [2.45, 2.75) is 25.3 Å². The fraction of sp³-hybridized carbons (Fsp3) is 0.267. The number of halogens is 2. The Labute approximate surface area is 115 Å². The van der Waals surface area contributed by atoms with Gasteiger partial charge in [-0.1, -0.05) is 12.0 Å². The number of nitrogens with two attached hydrogens (primary N) is 1. The second kappa shape index (κ2) is 4.64. The number of aromatic nitrogens is 2. The normalized spacial score (nSPS) is 14.2. The van der Waals surface area contributed by atoms with Crippen LogP contribution in [0, 0.1) is 24.0 Å². The molecule has 0 bridgehead atoms. The van der Waals surface area contributed by atoms with E-state index in [0.29, 0.717) is 5.92 Å². The smallest absolute Gasteiger partial charge is 0.168 e. The molecule has 102 valence electrons. The van der Waals surface area contributed by atoms with Gasteiger partial charge in [-0.15, -0.1) is 6.42 Å². The van der Waals surface area contributed by atoms with Gasteiger partial charge in [-0.2, -0.15) is 0 Å². The van der Waals surface area contributed by atoms with Crippen LogP contribution in [-0.4, -0.2) is 9.55 Å². The minimum absolute atomic E-state index is 0.0696. The summed E-state index contributed by atoms with van der Waals surface area (Å²) in [6.07, 6.45) is 7.37. The van der Waals surface area contributed by atoms with E-state index >= 15 is 0 Å². The highest BCUT2D eigenvalue weighted by atomic mass is 19.2. The summed E-state index contributed by atoms with van der Waals surface area (Å²) in [5.41, 5.74) is 6.36. The van der Waals surface area contributed by atoms with E-state index in [1.54, 1.807) is 4.57 Å². The second-order valence-corrected chi connectivity index (χ2v) is 4.87. The first kappa shape index (κ1) is 12.7. The van der Waals surface area contributed by atoms with Gasteiger partial charge < -0.3 is 10.3 Å². The van der Waals surface area contributed by atoms with Crippen molar-refractivity contribution in [1.82, 2.24) is 9.55 Å². The van der Waals surface area contributed by atoms with E-state index in [2.05, 4.69) is 10.9 Å². The Hall–Kier alpha value is -2.35. The van der Waals surface area contributed by atoms with Crippen molar-refractivity contribution >= 4 is 5.82 Å². The maximum absolute atomic E-state index is 13.9. The number of imidazole rings is 1. The van der Waals surface area contributed by atoms with Crippen LogP contribution in [0.15, 0.2) is 18.2 Å². The van der Waals surface area contributed by atoms with E-state index in [-0.39, 0.29) is 23.6 Å². The average Bonchev–Trinajstić information content (AvgIpc) is 3.22. The summed E-state index contributed by atoms with van der Waals surface area (Å²) in [6.45, 7) is 0.279. The van der Waals surface area contributed by atoms with E-state index in [1.165, 1.54) is 12.1 Å². The van der Waals surface area contributed by atoms with Gasteiger partial charge in [0.25, 0.3) is 0 Å². The summed E-state index contributed by atoms with van der Waals surface area (Å²) in [5, 5.41) is 0. The molecule has 5 heteroatoms. The highest BCUT2D eigenvalue weighted by Crippen LogP contribution is 2.42. The first-order valence-corrected chi connectivity index (χ1v) is 6.37. The number of nitrogens with zero attached hydrogens (tertiary/aromatic N) is 2. The zero-order valence-corrected chi connectivity index (χ0v) is 10.7. The van der Waals surface area contributed by atoms with Crippen LogP contribution in [-0.2, 0) is 6.54 Å². The molecule has 1 heterocycles. The minimum atomic E-state index is -0.938.